The molecule has 1 heterocycles. The van der Waals surface area contributed by atoms with Crippen molar-refractivity contribution < 1.29 is 14.4 Å². The van der Waals surface area contributed by atoms with E-state index < -0.39 is 17.9 Å². The summed E-state index contributed by atoms with van der Waals surface area (Å²) in [6, 6.07) is 14.5. The third-order valence-corrected chi connectivity index (χ3v) is 5.30. The van der Waals surface area contributed by atoms with Gasteiger partial charge in [0.25, 0.3) is 11.8 Å². The van der Waals surface area contributed by atoms with E-state index in [0.717, 1.165) is 0 Å². The first-order valence-corrected chi connectivity index (χ1v) is 9.96. The lowest BCUT2D eigenvalue weighted by molar-refractivity contribution is -0.122. The first-order valence-electron chi connectivity index (χ1n) is 8.79. The van der Waals surface area contributed by atoms with Gasteiger partial charge in [0.2, 0.25) is 5.91 Å². The van der Waals surface area contributed by atoms with Crippen molar-refractivity contribution in [1.29, 1.82) is 0 Å². The van der Waals surface area contributed by atoms with Crippen molar-refractivity contribution >= 4 is 51.1 Å². The molecular formula is C20H17BrClN5O3. The average Bonchev–Trinajstić information content (AvgIpc) is 3.12. The zero-order chi connectivity index (χ0) is 21.7. The standard InChI is InChI=1S/C20H17BrClN5O3/c1-23-19(29)15(11-7-3-2-4-8-11)24-20(30)16-14(21)17(27-26-16)25-18(28)12-9-5-6-10-13(12)22/h2-10,15H,1H3,(H,23,29)(H,24,30)(H2,25,26,27,28)/t15-/m0/s1. The summed E-state index contributed by atoms with van der Waals surface area (Å²) in [6.45, 7) is 0. The highest BCUT2D eigenvalue weighted by Gasteiger charge is 2.26. The highest BCUT2D eigenvalue weighted by molar-refractivity contribution is 9.10. The Balaban J connectivity index is 1.79. The highest BCUT2D eigenvalue weighted by atomic mass is 79.9. The summed E-state index contributed by atoms with van der Waals surface area (Å²) in [5, 5.41) is 14.6. The van der Waals surface area contributed by atoms with Crippen LogP contribution >= 0.6 is 27.5 Å². The molecule has 0 unspecified atom stereocenters. The molecule has 0 radical (unpaired) electrons. The molecule has 0 saturated heterocycles. The third kappa shape index (κ3) is 4.69. The first kappa shape index (κ1) is 21.5. The Morgan fingerprint density at radius 2 is 1.70 bits per heavy atom. The molecule has 1 atom stereocenters. The number of hydrogen-bond acceptors (Lipinski definition) is 4. The fourth-order valence-electron chi connectivity index (χ4n) is 2.68. The average molecular weight is 491 g/mol. The smallest absolute Gasteiger partial charge is 0.271 e. The molecule has 0 aliphatic rings. The van der Waals surface area contributed by atoms with Crippen LogP contribution in [0, 0.1) is 0 Å². The van der Waals surface area contributed by atoms with Crippen LogP contribution < -0.4 is 16.0 Å². The summed E-state index contributed by atoms with van der Waals surface area (Å²) in [5.41, 5.74) is 0.936. The normalized spacial score (nSPS) is 11.4. The van der Waals surface area contributed by atoms with Crippen molar-refractivity contribution in [3.63, 3.8) is 0 Å². The number of H-pyrrole nitrogens is 1. The number of likely N-dealkylation sites (N-methyl/N-ethyl adjacent to an activating group) is 1. The van der Waals surface area contributed by atoms with Crippen LogP contribution in [-0.2, 0) is 4.79 Å². The van der Waals surface area contributed by atoms with E-state index in [4.69, 9.17) is 11.6 Å². The van der Waals surface area contributed by atoms with Crippen LogP contribution in [0.3, 0.4) is 0 Å². The second-order valence-electron chi connectivity index (χ2n) is 6.13. The Hall–Kier alpha value is -3.17. The molecule has 3 amide bonds. The Bertz CT molecular complexity index is 1090. The maximum Gasteiger partial charge on any atom is 0.271 e. The minimum Gasteiger partial charge on any atom is -0.357 e. The maximum absolute atomic E-state index is 12.8. The summed E-state index contributed by atoms with van der Waals surface area (Å²) < 4.78 is 0.240. The van der Waals surface area contributed by atoms with Gasteiger partial charge in [-0.1, -0.05) is 54.1 Å². The van der Waals surface area contributed by atoms with Crippen molar-refractivity contribution in [2.75, 3.05) is 12.4 Å². The number of nitrogens with one attached hydrogen (secondary N) is 4. The van der Waals surface area contributed by atoms with Crippen molar-refractivity contribution in [2.24, 2.45) is 0 Å². The number of benzene rings is 2. The summed E-state index contributed by atoms with van der Waals surface area (Å²) >= 11 is 9.31. The van der Waals surface area contributed by atoms with Crippen molar-refractivity contribution in [3.8, 4) is 0 Å². The Kier molecular flexibility index (Phi) is 6.86. The number of amides is 3. The van der Waals surface area contributed by atoms with Gasteiger partial charge in [0, 0.05) is 7.05 Å². The molecule has 154 valence electrons. The van der Waals surface area contributed by atoms with E-state index in [2.05, 4.69) is 42.1 Å². The molecule has 4 N–H and O–H groups in total. The van der Waals surface area contributed by atoms with Crippen LogP contribution in [0.25, 0.3) is 0 Å². The van der Waals surface area contributed by atoms with Gasteiger partial charge in [-0.25, -0.2) is 0 Å². The second-order valence-corrected chi connectivity index (χ2v) is 7.33. The summed E-state index contributed by atoms with van der Waals surface area (Å²) in [6.07, 6.45) is 0. The number of hydrogen-bond donors (Lipinski definition) is 4. The van der Waals surface area contributed by atoms with Crippen LogP contribution in [-0.4, -0.2) is 35.0 Å². The molecular weight excluding hydrogens is 474 g/mol. The van der Waals surface area contributed by atoms with E-state index >= 15 is 0 Å². The minimum absolute atomic E-state index is 0.0503. The van der Waals surface area contributed by atoms with E-state index in [0.29, 0.717) is 5.56 Å². The summed E-state index contributed by atoms with van der Waals surface area (Å²) in [7, 11) is 1.49. The van der Waals surface area contributed by atoms with Gasteiger partial charge in [0.05, 0.1) is 15.1 Å². The number of aromatic amines is 1. The zero-order valence-electron chi connectivity index (χ0n) is 15.7. The monoisotopic (exact) mass is 489 g/mol. The molecule has 0 fully saturated rings. The number of carbonyl (C=O) groups excluding carboxylic acids is 3. The Labute approximate surface area is 185 Å². The topological polar surface area (TPSA) is 116 Å². The van der Waals surface area contributed by atoms with Crippen molar-refractivity contribution in [1.82, 2.24) is 20.8 Å². The predicted molar refractivity (Wildman–Crippen MR) is 116 cm³/mol. The van der Waals surface area contributed by atoms with E-state index in [-0.39, 0.29) is 32.5 Å². The molecule has 0 saturated carbocycles. The maximum atomic E-state index is 12.8. The van der Waals surface area contributed by atoms with Gasteiger partial charge in [0.15, 0.2) is 5.82 Å². The largest absolute Gasteiger partial charge is 0.357 e. The number of anilines is 1. The van der Waals surface area contributed by atoms with Gasteiger partial charge in [0.1, 0.15) is 11.7 Å². The Morgan fingerprint density at radius 3 is 2.37 bits per heavy atom. The molecule has 3 rings (SSSR count). The quantitative estimate of drug-likeness (QED) is 0.424. The Morgan fingerprint density at radius 1 is 1.03 bits per heavy atom. The van der Waals surface area contributed by atoms with Crippen LogP contribution in [0.15, 0.2) is 59.1 Å². The molecule has 8 nitrogen and oxygen atoms in total. The zero-order valence-corrected chi connectivity index (χ0v) is 18.0. The SMILES string of the molecule is CNC(=O)[C@@H](NC(=O)c1[nH]nc(NC(=O)c2ccccc2Cl)c1Br)c1ccccc1. The van der Waals surface area contributed by atoms with E-state index in [9.17, 15) is 14.4 Å². The molecule has 0 aliphatic heterocycles. The van der Waals surface area contributed by atoms with Crippen LogP contribution in [0.1, 0.15) is 32.5 Å². The van der Waals surface area contributed by atoms with Gasteiger partial charge < -0.3 is 16.0 Å². The van der Waals surface area contributed by atoms with E-state index in [1.807, 2.05) is 6.07 Å². The second kappa shape index (κ2) is 9.55. The molecule has 0 spiro atoms. The van der Waals surface area contributed by atoms with Crippen LogP contribution in [0.5, 0.6) is 0 Å². The lowest BCUT2D eigenvalue weighted by Gasteiger charge is -2.17. The first-order chi connectivity index (χ1) is 14.4. The van der Waals surface area contributed by atoms with Crippen LogP contribution in [0.4, 0.5) is 5.82 Å². The van der Waals surface area contributed by atoms with E-state index in [1.165, 1.54) is 7.05 Å². The lowest BCUT2D eigenvalue weighted by Crippen LogP contribution is -2.39. The molecule has 3 aromatic rings. The van der Waals surface area contributed by atoms with Gasteiger partial charge >= 0.3 is 0 Å². The van der Waals surface area contributed by atoms with Gasteiger partial charge in [-0.05, 0) is 33.6 Å². The fraction of sp³-hybridized carbons (Fsp3) is 0.100. The molecule has 10 heteroatoms. The number of halogens is 2. The number of aromatic nitrogens is 2. The van der Waals surface area contributed by atoms with Crippen LogP contribution in [0.2, 0.25) is 5.02 Å². The molecule has 2 aromatic carbocycles. The molecule has 0 bridgehead atoms. The fourth-order valence-corrected chi connectivity index (χ4v) is 3.35. The predicted octanol–water partition coefficient (Wildman–Crippen LogP) is 3.30. The summed E-state index contributed by atoms with van der Waals surface area (Å²) in [5.74, 6) is -1.32. The number of carbonyl (C=O) groups is 3. The number of nitrogens with zero attached hydrogens (tertiary/aromatic N) is 1. The molecule has 1 aromatic heterocycles. The lowest BCUT2D eigenvalue weighted by atomic mass is 10.1. The van der Waals surface area contributed by atoms with Gasteiger partial charge in [-0.3, -0.25) is 19.5 Å². The summed E-state index contributed by atoms with van der Waals surface area (Å²) in [4.78, 5) is 37.5. The minimum atomic E-state index is -0.903. The van der Waals surface area contributed by atoms with Gasteiger partial charge in [-0.15, -0.1) is 0 Å². The third-order valence-electron chi connectivity index (χ3n) is 4.20. The van der Waals surface area contributed by atoms with E-state index in [1.54, 1.807) is 48.5 Å². The van der Waals surface area contributed by atoms with Gasteiger partial charge in [-0.2, -0.15) is 5.10 Å². The molecule has 0 aliphatic carbocycles. The highest BCUT2D eigenvalue weighted by Crippen LogP contribution is 2.26. The molecule has 30 heavy (non-hydrogen) atoms. The van der Waals surface area contributed by atoms with Crippen molar-refractivity contribution in [2.45, 2.75) is 6.04 Å². The number of rotatable bonds is 6. The van der Waals surface area contributed by atoms with Crippen molar-refractivity contribution in [3.05, 3.63) is 80.9 Å².